The molecule has 0 saturated carbocycles. The van der Waals surface area contributed by atoms with Gasteiger partial charge < -0.3 is 0 Å². The van der Waals surface area contributed by atoms with Crippen molar-refractivity contribution in [2.24, 2.45) is 0 Å². The van der Waals surface area contributed by atoms with E-state index in [2.05, 4.69) is 4.98 Å². The smallest absolute Gasteiger partial charge is 0.219 e. The molecule has 0 spiro atoms. The van der Waals surface area contributed by atoms with Gasteiger partial charge in [0.05, 0.1) is 0 Å². The van der Waals surface area contributed by atoms with Crippen molar-refractivity contribution in [3.8, 4) is 0 Å². The van der Waals surface area contributed by atoms with Crippen LogP contribution < -0.4 is 0 Å². The summed E-state index contributed by atoms with van der Waals surface area (Å²) in [5, 5.41) is 0. The maximum Gasteiger partial charge on any atom is 0.219 e. The molecule has 1 aromatic heterocycles. The van der Waals surface area contributed by atoms with Crippen LogP contribution in [-0.2, 0) is 4.79 Å². The number of halogens is 1. The second kappa shape index (κ2) is 2.60. The molecule has 3 nitrogen and oxygen atoms in total. The molecule has 10 heavy (non-hydrogen) atoms. The van der Waals surface area contributed by atoms with Crippen LogP contribution in [-0.4, -0.2) is 16.0 Å². The summed E-state index contributed by atoms with van der Waals surface area (Å²) < 4.78 is 13.6. The Labute approximate surface area is 57.5 Å². The molecule has 0 aliphatic rings. The zero-order valence-corrected chi connectivity index (χ0v) is 5.49. The molecule has 1 aromatic rings. The van der Waals surface area contributed by atoms with Gasteiger partial charge in [-0.05, 0) is 6.92 Å². The number of carbonyl (C=O) groups is 1. The third-order valence-electron chi connectivity index (χ3n) is 1.17. The van der Waals surface area contributed by atoms with Crippen molar-refractivity contribution in [3.63, 3.8) is 0 Å². The second-order valence-electron chi connectivity index (χ2n) is 1.91. The van der Waals surface area contributed by atoms with Crippen molar-refractivity contribution in [2.75, 3.05) is 0 Å². The summed E-state index contributed by atoms with van der Waals surface area (Å²) in [6, 6.07) is 0. The minimum atomic E-state index is -1.19. The Kier molecular flexibility index (Phi) is 1.80. The maximum absolute atomic E-state index is 12.5. The first-order valence-corrected chi connectivity index (χ1v) is 2.88. The molecule has 0 bridgehead atoms. The van der Waals surface area contributed by atoms with Gasteiger partial charge in [-0.2, -0.15) is 0 Å². The number of hydrogen-bond acceptors (Lipinski definition) is 2. The van der Waals surface area contributed by atoms with Crippen LogP contribution in [0.4, 0.5) is 4.39 Å². The standard InChI is InChI=1S/C6H7FN2O/c1-5(7)6-8-2-3-9(6)4-10/h2-5H,1H3. The lowest BCUT2D eigenvalue weighted by Gasteiger charge is -1.98. The number of alkyl halides is 1. The van der Waals surface area contributed by atoms with E-state index >= 15 is 0 Å². The first kappa shape index (κ1) is 6.92. The predicted molar refractivity (Wildman–Crippen MR) is 33.9 cm³/mol. The number of imidazole rings is 1. The second-order valence-corrected chi connectivity index (χ2v) is 1.91. The highest BCUT2D eigenvalue weighted by molar-refractivity contribution is 5.52. The zero-order valence-electron chi connectivity index (χ0n) is 5.49. The van der Waals surface area contributed by atoms with Gasteiger partial charge in [-0.15, -0.1) is 0 Å². The minimum Gasteiger partial charge on any atom is -0.278 e. The van der Waals surface area contributed by atoms with Crippen molar-refractivity contribution in [1.82, 2.24) is 9.55 Å². The fraction of sp³-hybridized carbons (Fsp3) is 0.333. The van der Waals surface area contributed by atoms with Gasteiger partial charge in [0.25, 0.3) is 0 Å². The highest BCUT2D eigenvalue weighted by atomic mass is 19.1. The summed E-state index contributed by atoms with van der Waals surface area (Å²) in [7, 11) is 0. The molecular weight excluding hydrogens is 135 g/mol. The fourth-order valence-electron chi connectivity index (χ4n) is 0.722. The van der Waals surface area contributed by atoms with Crippen molar-refractivity contribution in [1.29, 1.82) is 0 Å². The lowest BCUT2D eigenvalue weighted by atomic mass is 10.4. The first-order valence-electron chi connectivity index (χ1n) is 2.88. The zero-order chi connectivity index (χ0) is 7.56. The summed E-state index contributed by atoms with van der Waals surface area (Å²) in [4.78, 5) is 13.8. The van der Waals surface area contributed by atoms with E-state index in [0.29, 0.717) is 6.41 Å². The normalized spacial score (nSPS) is 13.0. The third-order valence-corrected chi connectivity index (χ3v) is 1.17. The van der Waals surface area contributed by atoms with Gasteiger partial charge in [-0.1, -0.05) is 0 Å². The Morgan fingerprint density at radius 3 is 3.00 bits per heavy atom. The van der Waals surface area contributed by atoms with Crippen LogP contribution in [0.1, 0.15) is 18.9 Å². The molecule has 4 heteroatoms. The van der Waals surface area contributed by atoms with Gasteiger partial charge in [0.15, 0.2) is 6.17 Å². The molecule has 1 heterocycles. The number of carbonyl (C=O) groups excluding carboxylic acids is 1. The molecule has 0 fully saturated rings. The van der Waals surface area contributed by atoms with E-state index in [1.54, 1.807) is 0 Å². The molecule has 1 atom stereocenters. The van der Waals surface area contributed by atoms with E-state index in [0.717, 1.165) is 4.57 Å². The molecule has 1 unspecified atom stereocenters. The average Bonchev–Trinajstić information content (AvgIpc) is 2.33. The van der Waals surface area contributed by atoms with Crippen molar-refractivity contribution >= 4 is 6.41 Å². The van der Waals surface area contributed by atoms with Crippen molar-refractivity contribution in [2.45, 2.75) is 13.1 Å². The molecule has 0 amide bonds. The first-order chi connectivity index (χ1) is 4.75. The van der Waals surface area contributed by atoms with E-state index in [1.165, 1.54) is 19.3 Å². The van der Waals surface area contributed by atoms with E-state index in [4.69, 9.17) is 0 Å². The summed E-state index contributed by atoms with van der Waals surface area (Å²) in [5.41, 5.74) is 0. The predicted octanol–water partition coefficient (Wildman–Crippen LogP) is 0.952. The molecule has 0 aromatic carbocycles. The fourth-order valence-corrected chi connectivity index (χ4v) is 0.722. The molecule has 0 saturated heterocycles. The topological polar surface area (TPSA) is 34.9 Å². The maximum atomic E-state index is 12.5. The Morgan fingerprint density at radius 2 is 2.60 bits per heavy atom. The number of hydrogen-bond donors (Lipinski definition) is 0. The van der Waals surface area contributed by atoms with Gasteiger partial charge in [-0.3, -0.25) is 9.36 Å². The van der Waals surface area contributed by atoms with Gasteiger partial charge in [0.2, 0.25) is 6.41 Å². The Balaban J connectivity index is 3.01. The molecule has 0 radical (unpaired) electrons. The molecular formula is C6H7FN2O. The molecule has 0 N–H and O–H groups in total. The minimum absolute atomic E-state index is 0.148. The van der Waals surface area contributed by atoms with Gasteiger partial charge in [-0.25, -0.2) is 9.37 Å². The van der Waals surface area contributed by atoms with E-state index in [9.17, 15) is 9.18 Å². The van der Waals surface area contributed by atoms with E-state index in [-0.39, 0.29) is 5.82 Å². The van der Waals surface area contributed by atoms with E-state index in [1.807, 2.05) is 0 Å². The van der Waals surface area contributed by atoms with Crippen LogP contribution in [0, 0.1) is 0 Å². The average molecular weight is 142 g/mol. The molecule has 54 valence electrons. The van der Waals surface area contributed by atoms with Crippen LogP contribution in [0.5, 0.6) is 0 Å². The summed E-state index contributed by atoms with van der Waals surface area (Å²) in [6.07, 6.45) is 2.14. The van der Waals surface area contributed by atoms with Crippen LogP contribution in [0.15, 0.2) is 12.4 Å². The van der Waals surface area contributed by atoms with Crippen molar-refractivity contribution < 1.29 is 9.18 Å². The number of rotatable bonds is 2. The summed E-state index contributed by atoms with van der Waals surface area (Å²) >= 11 is 0. The van der Waals surface area contributed by atoms with E-state index < -0.39 is 6.17 Å². The highest BCUT2D eigenvalue weighted by Crippen LogP contribution is 2.11. The Hall–Kier alpha value is -1.19. The summed E-state index contributed by atoms with van der Waals surface area (Å²) in [5.74, 6) is 0.148. The lowest BCUT2D eigenvalue weighted by Crippen LogP contribution is -2.01. The van der Waals surface area contributed by atoms with Crippen LogP contribution in [0.25, 0.3) is 0 Å². The van der Waals surface area contributed by atoms with Gasteiger partial charge >= 0.3 is 0 Å². The van der Waals surface area contributed by atoms with Gasteiger partial charge in [0.1, 0.15) is 5.82 Å². The van der Waals surface area contributed by atoms with Crippen LogP contribution in [0.2, 0.25) is 0 Å². The Bertz CT molecular complexity index is 231. The SMILES string of the molecule is CC(F)c1nccn1C=O. The monoisotopic (exact) mass is 142 g/mol. The number of aromatic nitrogens is 2. The molecule has 0 aliphatic carbocycles. The molecule has 1 rings (SSSR count). The van der Waals surface area contributed by atoms with Crippen LogP contribution in [0.3, 0.4) is 0 Å². The lowest BCUT2D eigenvalue weighted by molar-refractivity contribution is 0.353. The third kappa shape index (κ3) is 1.05. The van der Waals surface area contributed by atoms with Gasteiger partial charge in [0, 0.05) is 12.4 Å². The quantitative estimate of drug-likeness (QED) is 0.576. The number of nitrogens with zero attached hydrogens (tertiary/aromatic N) is 2. The summed E-state index contributed by atoms with van der Waals surface area (Å²) in [6.45, 7) is 1.34. The van der Waals surface area contributed by atoms with Crippen molar-refractivity contribution in [3.05, 3.63) is 18.2 Å². The highest BCUT2D eigenvalue weighted by Gasteiger charge is 2.08. The molecule has 0 aliphatic heterocycles. The van der Waals surface area contributed by atoms with Crippen LogP contribution >= 0.6 is 0 Å². The largest absolute Gasteiger partial charge is 0.278 e. The Morgan fingerprint density at radius 1 is 1.90 bits per heavy atom.